The molecule has 2 N–H and O–H groups in total. The third-order valence-electron chi connectivity index (χ3n) is 4.53. The molecule has 2 heterocycles. The summed E-state index contributed by atoms with van der Waals surface area (Å²) in [5.41, 5.74) is 0. The number of hydrogen-bond donors (Lipinski definition) is 2. The third-order valence-corrected chi connectivity index (χ3v) is 4.53. The SMILES string of the molecule is CN=C(NCCCc1nnc2n1CCCCC2)NCC1CC1.I. The van der Waals surface area contributed by atoms with E-state index in [0.29, 0.717) is 0 Å². The first-order valence-electron chi connectivity index (χ1n) is 8.72. The zero-order chi connectivity index (χ0) is 15.2. The first kappa shape index (κ1) is 18.5. The van der Waals surface area contributed by atoms with Gasteiger partial charge >= 0.3 is 0 Å². The maximum Gasteiger partial charge on any atom is 0.190 e. The molecule has 1 aliphatic heterocycles. The van der Waals surface area contributed by atoms with Gasteiger partial charge in [-0.15, -0.1) is 34.2 Å². The predicted molar refractivity (Wildman–Crippen MR) is 103 cm³/mol. The Hall–Kier alpha value is -0.860. The molecule has 130 valence electrons. The molecule has 1 fully saturated rings. The van der Waals surface area contributed by atoms with Crippen molar-refractivity contribution in [1.82, 2.24) is 25.4 Å². The minimum Gasteiger partial charge on any atom is -0.356 e. The highest BCUT2D eigenvalue weighted by atomic mass is 127. The van der Waals surface area contributed by atoms with Crippen molar-refractivity contribution in [2.75, 3.05) is 20.1 Å². The van der Waals surface area contributed by atoms with Gasteiger partial charge in [0.1, 0.15) is 11.6 Å². The van der Waals surface area contributed by atoms with Gasteiger partial charge in [0.2, 0.25) is 0 Å². The lowest BCUT2D eigenvalue weighted by Gasteiger charge is -2.11. The number of fused-ring (bicyclic) bond motifs is 1. The summed E-state index contributed by atoms with van der Waals surface area (Å²) in [6.07, 6.45) is 9.68. The van der Waals surface area contributed by atoms with E-state index in [9.17, 15) is 0 Å². The first-order chi connectivity index (χ1) is 10.9. The molecule has 6 nitrogen and oxygen atoms in total. The van der Waals surface area contributed by atoms with Gasteiger partial charge < -0.3 is 15.2 Å². The second kappa shape index (κ2) is 9.44. The van der Waals surface area contributed by atoms with Crippen LogP contribution in [0.5, 0.6) is 0 Å². The lowest BCUT2D eigenvalue weighted by atomic mass is 10.2. The maximum absolute atomic E-state index is 4.38. The minimum absolute atomic E-state index is 0. The lowest BCUT2D eigenvalue weighted by Crippen LogP contribution is -2.38. The van der Waals surface area contributed by atoms with Crippen molar-refractivity contribution in [2.24, 2.45) is 10.9 Å². The Kier molecular flexibility index (Phi) is 7.58. The van der Waals surface area contributed by atoms with Crippen LogP contribution in [-0.4, -0.2) is 40.9 Å². The van der Waals surface area contributed by atoms with E-state index >= 15 is 0 Å². The molecule has 2 aliphatic rings. The standard InChI is InChI=1S/C16H28N6.HI/c1-17-16(19-12-13-8-9-13)18-10-5-7-15-21-20-14-6-3-2-4-11-22(14)15;/h13H,2-12H2,1H3,(H2,17,18,19);1H. The minimum atomic E-state index is 0. The molecule has 0 spiro atoms. The first-order valence-corrected chi connectivity index (χ1v) is 8.72. The van der Waals surface area contributed by atoms with E-state index in [0.717, 1.165) is 56.6 Å². The molecule has 3 rings (SSSR count). The topological polar surface area (TPSA) is 67.1 Å². The lowest BCUT2D eigenvalue weighted by molar-refractivity contribution is 0.593. The summed E-state index contributed by atoms with van der Waals surface area (Å²) in [7, 11) is 1.83. The van der Waals surface area contributed by atoms with Crippen LogP contribution in [0.25, 0.3) is 0 Å². The van der Waals surface area contributed by atoms with E-state index in [-0.39, 0.29) is 24.0 Å². The van der Waals surface area contributed by atoms with E-state index in [2.05, 4.69) is 30.4 Å². The molecule has 0 atom stereocenters. The number of nitrogens with zero attached hydrogens (tertiary/aromatic N) is 4. The van der Waals surface area contributed by atoms with Gasteiger partial charge in [0.05, 0.1) is 0 Å². The van der Waals surface area contributed by atoms with Crippen LogP contribution in [0.4, 0.5) is 0 Å². The van der Waals surface area contributed by atoms with Crippen LogP contribution in [0.3, 0.4) is 0 Å². The molecule has 0 radical (unpaired) electrons. The Bertz CT molecular complexity index is 509. The van der Waals surface area contributed by atoms with Gasteiger partial charge in [-0.25, -0.2) is 0 Å². The summed E-state index contributed by atoms with van der Waals surface area (Å²) in [5.74, 6) is 4.12. The molecule has 0 bridgehead atoms. The van der Waals surface area contributed by atoms with E-state index in [1.165, 1.54) is 37.9 Å². The second-order valence-corrected chi connectivity index (χ2v) is 6.42. The van der Waals surface area contributed by atoms with Crippen LogP contribution < -0.4 is 10.6 Å². The fourth-order valence-corrected chi connectivity index (χ4v) is 2.97. The van der Waals surface area contributed by atoms with Gasteiger partial charge in [0.25, 0.3) is 0 Å². The average Bonchev–Trinajstić information content (AvgIpc) is 3.32. The van der Waals surface area contributed by atoms with Crippen molar-refractivity contribution < 1.29 is 0 Å². The van der Waals surface area contributed by atoms with Crippen molar-refractivity contribution in [1.29, 1.82) is 0 Å². The fraction of sp³-hybridized carbons (Fsp3) is 0.812. The number of aryl methyl sites for hydroxylation is 2. The molecule has 1 aromatic heterocycles. The number of rotatable bonds is 6. The van der Waals surface area contributed by atoms with E-state index in [1.807, 2.05) is 7.05 Å². The molecule has 23 heavy (non-hydrogen) atoms. The Morgan fingerprint density at radius 2 is 2.09 bits per heavy atom. The predicted octanol–water partition coefficient (Wildman–Crippen LogP) is 2.13. The third kappa shape index (κ3) is 5.61. The molecule has 0 saturated heterocycles. The highest BCUT2D eigenvalue weighted by Gasteiger charge is 2.21. The van der Waals surface area contributed by atoms with Crippen LogP contribution in [0, 0.1) is 5.92 Å². The van der Waals surface area contributed by atoms with Crippen LogP contribution in [0.15, 0.2) is 4.99 Å². The number of hydrogen-bond acceptors (Lipinski definition) is 3. The van der Waals surface area contributed by atoms with Gasteiger partial charge in [-0.1, -0.05) is 6.42 Å². The zero-order valence-corrected chi connectivity index (χ0v) is 16.4. The molecule has 0 amide bonds. The summed E-state index contributed by atoms with van der Waals surface area (Å²) in [6.45, 7) is 3.07. The van der Waals surface area contributed by atoms with Gasteiger partial charge in [-0.05, 0) is 38.0 Å². The van der Waals surface area contributed by atoms with Gasteiger partial charge in [-0.3, -0.25) is 4.99 Å². The Balaban J connectivity index is 0.00000192. The molecule has 1 saturated carbocycles. The number of nitrogens with one attached hydrogen (secondary N) is 2. The number of aromatic nitrogens is 3. The Labute approximate surface area is 155 Å². The van der Waals surface area contributed by atoms with Crippen LogP contribution in [0.1, 0.15) is 50.2 Å². The molecule has 0 aromatic carbocycles. The molecule has 1 aromatic rings. The summed E-state index contributed by atoms with van der Waals surface area (Å²) in [6, 6.07) is 0. The molecule has 0 unspecified atom stereocenters. The van der Waals surface area contributed by atoms with Crippen molar-refractivity contribution in [2.45, 2.75) is 57.9 Å². The van der Waals surface area contributed by atoms with Crippen molar-refractivity contribution >= 4 is 29.9 Å². The summed E-state index contributed by atoms with van der Waals surface area (Å²) in [4.78, 5) is 4.27. The largest absolute Gasteiger partial charge is 0.356 e. The van der Waals surface area contributed by atoms with E-state index in [1.54, 1.807) is 0 Å². The Morgan fingerprint density at radius 3 is 2.87 bits per heavy atom. The van der Waals surface area contributed by atoms with Crippen molar-refractivity contribution in [3.8, 4) is 0 Å². The van der Waals surface area contributed by atoms with Crippen molar-refractivity contribution in [3.63, 3.8) is 0 Å². The highest BCUT2D eigenvalue weighted by molar-refractivity contribution is 14.0. The Morgan fingerprint density at radius 1 is 1.22 bits per heavy atom. The smallest absolute Gasteiger partial charge is 0.190 e. The second-order valence-electron chi connectivity index (χ2n) is 6.42. The summed E-state index contributed by atoms with van der Waals surface area (Å²) >= 11 is 0. The highest BCUT2D eigenvalue weighted by Crippen LogP contribution is 2.27. The van der Waals surface area contributed by atoms with Gasteiger partial charge in [0, 0.05) is 39.5 Å². The van der Waals surface area contributed by atoms with Crippen LogP contribution >= 0.6 is 24.0 Å². The fourth-order valence-electron chi connectivity index (χ4n) is 2.97. The summed E-state index contributed by atoms with van der Waals surface area (Å²) < 4.78 is 2.34. The zero-order valence-electron chi connectivity index (χ0n) is 14.1. The van der Waals surface area contributed by atoms with Gasteiger partial charge in [0.15, 0.2) is 5.96 Å². The van der Waals surface area contributed by atoms with E-state index < -0.39 is 0 Å². The molecular formula is C16H29IN6. The average molecular weight is 432 g/mol. The normalized spacial score (nSPS) is 17.9. The number of guanidine groups is 1. The molecular weight excluding hydrogens is 403 g/mol. The van der Waals surface area contributed by atoms with Crippen molar-refractivity contribution in [3.05, 3.63) is 11.6 Å². The van der Waals surface area contributed by atoms with Gasteiger partial charge in [-0.2, -0.15) is 0 Å². The molecule has 7 heteroatoms. The number of halogens is 1. The van der Waals surface area contributed by atoms with E-state index in [4.69, 9.17) is 0 Å². The monoisotopic (exact) mass is 432 g/mol. The maximum atomic E-state index is 4.38. The van der Waals surface area contributed by atoms with Crippen LogP contribution in [0.2, 0.25) is 0 Å². The number of aliphatic imine (C=N–C) groups is 1. The summed E-state index contributed by atoms with van der Waals surface area (Å²) in [5, 5.41) is 15.5. The quantitative estimate of drug-likeness (QED) is 0.313. The van der Waals surface area contributed by atoms with Crippen LogP contribution in [-0.2, 0) is 19.4 Å². The molecule has 1 aliphatic carbocycles.